The minimum atomic E-state index is -1.41. The van der Waals surface area contributed by atoms with Gasteiger partial charge in [-0.05, 0) is 98.3 Å². The van der Waals surface area contributed by atoms with E-state index in [0.29, 0.717) is 43.4 Å². The van der Waals surface area contributed by atoms with Crippen LogP contribution in [0.3, 0.4) is 0 Å². The quantitative estimate of drug-likeness (QED) is 0.0260. The molecular weight excluding hydrogens is 1010 g/mol. The number of carboxylic acid groups (broad SMARTS) is 2. The Morgan fingerprint density at radius 3 is 1.09 bits per heavy atom. The van der Waals surface area contributed by atoms with Crippen LogP contribution in [0.15, 0.2) is 0 Å². The van der Waals surface area contributed by atoms with Crippen LogP contribution in [0.5, 0.6) is 0 Å². The summed E-state index contributed by atoms with van der Waals surface area (Å²) in [6.45, 7) is 26.4. The van der Waals surface area contributed by atoms with E-state index in [0.717, 1.165) is 33.0 Å². The fourth-order valence-electron chi connectivity index (χ4n) is 6.49. The first-order chi connectivity index (χ1) is 36.1. The zero-order chi connectivity index (χ0) is 59.4. The zero-order valence-corrected chi connectivity index (χ0v) is 48.9. The molecule has 0 radical (unpaired) electrons. The summed E-state index contributed by atoms with van der Waals surface area (Å²) in [5.41, 5.74) is -3.55. The number of hydrogen-bond acceptors (Lipinski definition) is 20. The minimum absolute atomic E-state index is 0.0430. The molecule has 77 heavy (non-hydrogen) atoms. The van der Waals surface area contributed by atoms with Crippen LogP contribution in [-0.2, 0) is 66.6 Å². The van der Waals surface area contributed by atoms with E-state index in [1.54, 1.807) is 41.5 Å². The molecule has 0 aromatic heterocycles. The molecule has 0 amide bonds. The van der Waals surface area contributed by atoms with Crippen molar-refractivity contribution in [3.63, 3.8) is 0 Å². The van der Waals surface area contributed by atoms with Crippen LogP contribution in [0.1, 0.15) is 161 Å². The molecule has 22 heteroatoms. The van der Waals surface area contributed by atoms with Crippen molar-refractivity contribution in [2.24, 2.45) is 28.1 Å². The number of aliphatic hydroxyl groups excluding tert-OH is 6. The molecule has 0 aromatic carbocycles. The highest BCUT2D eigenvalue weighted by Crippen LogP contribution is 2.43. The third-order valence-electron chi connectivity index (χ3n) is 12.9. The lowest BCUT2D eigenvalue weighted by atomic mass is 9.68. The first kappa shape index (κ1) is 75.9. The summed E-state index contributed by atoms with van der Waals surface area (Å²) in [4.78, 5) is 59.9. The van der Waals surface area contributed by atoms with Crippen LogP contribution in [0.25, 0.3) is 0 Å². The Hall–Kier alpha value is -3.13. The summed E-state index contributed by atoms with van der Waals surface area (Å²) in [7, 11) is 0. The van der Waals surface area contributed by atoms with Gasteiger partial charge in [-0.25, -0.2) is 0 Å². The SMILES string of the molecule is CCC(CC(C)(C)C(=O)OCC(O)CO)C(=O)O.CCC(O)COCC(O)COC(=O)C(C)(CC)CC(C)(CC(C)C(=O)O)C(=O)OCC(O)CO.CCC1CO1.CCC1CO1.CCC1CO1.CCC1CO1.CCC1CO1. The molecule has 0 saturated carbocycles. The lowest BCUT2D eigenvalue weighted by Gasteiger charge is -2.37. The zero-order valence-electron chi connectivity index (χ0n) is 48.9. The van der Waals surface area contributed by atoms with Crippen molar-refractivity contribution >= 4 is 29.8 Å². The number of aliphatic hydroxyl groups is 6. The van der Waals surface area contributed by atoms with Gasteiger partial charge in [0.15, 0.2) is 0 Å². The molecule has 5 rings (SSSR count). The Morgan fingerprint density at radius 2 is 0.818 bits per heavy atom. The average molecular weight is 1120 g/mol. The van der Waals surface area contributed by atoms with Gasteiger partial charge in [0.05, 0.1) is 124 Å². The van der Waals surface area contributed by atoms with Crippen LogP contribution in [-0.4, -0.2) is 205 Å². The van der Waals surface area contributed by atoms with Crippen molar-refractivity contribution in [2.75, 3.05) is 79.3 Å². The third-order valence-corrected chi connectivity index (χ3v) is 12.9. The van der Waals surface area contributed by atoms with Gasteiger partial charge in [-0.2, -0.15) is 0 Å². The number of aliphatic carboxylic acids is 2. The van der Waals surface area contributed by atoms with Gasteiger partial charge in [0.1, 0.15) is 38.1 Å². The Labute approximate surface area is 459 Å². The summed E-state index contributed by atoms with van der Waals surface area (Å²) in [5.74, 6) is -5.64. The van der Waals surface area contributed by atoms with Gasteiger partial charge in [0.25, 0.3) is 0 Å². The number of epoxide rings is 5. The van der Waals surface area contributed by atoms with Crippen LogP contribution in [0, 0.1) is 28.1 Å². The lowest BCUT2D eigenvalue weighted by molar-refractivity contribution is -0.169. The van der Waals surface area contributed by atoms with Crippen molar-refractivity contribution in [2.45, 2.75) is 216 Å². The summed E-state index contributed by atoms with van der Waals surface area (Å²) < 4.78 is 44.7. The highest BCUT2D eigenvalue weighted by molar-refractivity contribution is 5.81. The first-order valence-electron chi connectivity index (χ1n) is 27.7. The molecule has 13 atom stereocenters. The highest BCUT2D eigenvalue weighted by Gasteiger charge is 2.47. The van der Waals surface area contributed by atoms with Gasteiger partial charge in [-0.3, -0.25) is 24.0 Å². The summed E-state index contributed by atoms with van der Waals surface area (Å²) in [6.07, 6.45) is 6.13. The molecule has 5 heterocycles. The smallest absolute Gasteiger partial charge is 0.311 e. The molecule has 0 aromatic rings. The Bertz CT molecular complexity index is 1490. The highest BCUT2D eigenvalue weighted by atomic mass is 16.6. The van der Waals surface area contributed by atoms with E-state index in [4.69, 9.17) is 63.1 Å². The van der Waals surface area contributed by atoms with E-state index >= 15 is 0 Å². The standard InChI is InChI=1S/C23H42O11.C12H22O6.5C4H8O/c1-6-16(25)10-32-11-18(27)13-34-20(30)22(4,7-2)14-23(5,8-15(3)19(28)29)21(31)33-12-17(26)9-24;1-4-8(10(15)16)5-12(2,3)11(17)18-7-9(14)6-13;5*1-2-4-3-5-4/h15-18,24-27H,6-14H2,1-5H3,(H,28,29);8-9,13-14H,4-7H2,1-3H3,(H,15,16);5*4H,2-3H2,1H3. The topological polar surface area (TPSA) is 347 Å². The second-order valence-electron chi connectivity index (χ2n) is 21.2. The number of hydrogen-bond donors (Lipinski definition) is 8. The summed E-state index contributed by atoms with van der Waals surface area (Å²) in [6, 6.07) is 0. The largest absolute Gasteiger partial charge is 0.481 e. The number of carbonyl (C=O) groups is 5. The van der Waals surface area contributed by atoms with Gasteiger partial charge >= 0.3 is 29.8 Å². The molecule has 5 aliphatic rings. The first-order valence-corrected chi connectivity index (χ1v) is 27.7. The molecule has 5 saturated heterocycles. The second-order valence-corrected chi connectivity index (χ2v) is 21.2. The summed E-state index contributed by atoms with van der Waals surface area (Å²) >= 11 is 0. The van der Waals surface area contributed by atoms with Gasteiger partial charge < -0.3 is 83.5 Å². The number of carbonyl (C=O) groups excluding carboxylic acids is 3. The lowest BCUT2D eigenvalue weighted by Crippen LogP contribution is -2.43. The molecule has 8 N–H and O–H groups in total. The van der Waals surface area contributed by atoms with Crippen molar-refractivity contribution in [1.82, 2.24) is 0 Å². The molecule has 5 aliphatic heterocycles. The number of carboxylic acids is 2. The fraction of sp³-hybridized carbons (Fsp3) is 0.909. The van der Waals surface area contributed by atoms with Gasteiger partial charge in [0, 0.05) is 0 Å². The predicted octanol–water partition coefficient (Wildman–Crippen LogP) is 4.88. The second kappa shape index (κ2) is 41.8. The van der Waals surface area contributed by atoms with Crippen molar-refractivity contribution < 1.29 is 107 Å². The van der Waals surface area contributed by atoms with E-state index in [2.05, 4.69) is 34.6 Å². The maximum Gasteiger partial charge on any atom is 0.311 e. The minimum Gasteiger partial charge on any atom is -0.481 e. The molecular formula is C55H104O22. The van der Waals surface area contributed by atoms with Crippen LogP contribution < -0.4 is 0 Å². The average Bonchev–Trinajstić information content (AvgIpc) is 4.19. The molecule has 0 bridgehead atoms. The maximum absolute atomic E-state index is 12.9. The van der Waals surface area contributed by atoms with Crippen molar-refractivity contribution in [1.29, 1.82) is 0 Å². The molecule has 0 aliphatic carbocycles. The van der Waals surface area contributed by atoms with Gasteiger partial charge in [0.2, 0.25) is 0 Å². The predicted molar refractivity (Wildman–Crippen MR) is 285 cm³/mol. The van der Waals surface area contributed by atoms with E-state index in [9.17, 15) is 44.4 Å². The van der Waals surface area contributed by atoms with Crippen molar-refractivity contribution in [3.8, 4) is 0 Å². The normalized spacial score (nSPS) is 22.8. The van der Waals surface area contributed by atoms with Crippen molar-refractivity contribution in [3.05, 3.63) is 0 Å². The monoisotopic (exact) mass is 1120 g/mol. The number of rotatable bonds is 31. The van der Waals surface area contributed by atoms with Crippen LogP contribution in [0.4, 0.5) is 0 Å². The van der Waals surface area contributed by atoms with E-state index in [1.807, 2.05) is 0 Å². The van der Waals surface area contributed by atoms with Crippen LogP contribution >= 0.6 is 0 Å². The Kier molecular flexibility index (Phi) is 41.2. The molecule has 456 valence electrons. The Balaban J connectivity index is 0. The maximum atomic E-state index is 12.9. The van der Waals surface area contributed by atoms with E-state index < -0.39 is 102 Å². The third kappa shape index (κ3) is 39.8. The van der Waals surface area contributed by atoms with Crippen LogP contribution in [0.2, 0.25) is 0 Å². The number of esters is 3. The summed E-state index contributed by atoms with van der Waals surface area (Å²) in [5, 5.41) is 73.9. The molecule has 5 fully saturated rings. The van der Waals surface area contributed by atoms with Gasteiger partial charge in [-0.1, -0.05) is 62.3 Å². The molecule has 0 spiro atoms. The Morgan fingerprint density at radius 1 is 0.481 bits per heavy atom. The molecule has 13 unspecified atom stereocenters. The fourth-order valence-corrected chi connectivity index (χ4v) is 6.49. The molecule has 22 nitrogen and oxygen atoms in total. The van der Waals surface area contributed by atoms with E-state index in [-0.39, 0.29) is 52.1 Å². The number of ether oxygens (including phenoxy) is 9. The van der Waals surface area contributed by atoms with E-state index in [1.165, 1.54) is 46.0 Å². The van der Waals surface area contributed by atoms with Gasteiger partial charge in [-0.15, -0.1) is 0 Å².